The molecule has 1 N–H and O–H groups in total. The smallest absolute Gasteiger partial charge is 0.257 e. The lowest BCUT2D eigenvalue weighted by Crippen LogP contribution is -2.49. The Balaban J connectivity index is 1.37. The molecule has 31 heavy (non-hydrogen) atoms. The molecule has 1 fully saturated rings. The summed E-state index contributed by atoms with van der Waals surface area (Å²) in [5, 5.41) is 12.2. The van der Waals surface area contributed by atoms with E-state index in [1.54, 1.807) is 36.4 Å². The van der Waals surface area contributed by atoms with Crippen LogP contribution in [0.2, 0.25) is 5.02 Å². The summed E-state index contributed by atoms with van der Waals surface area (Å²) in [6, 6.07) is 12.7. The van der Waals surface area contributed by atoms with E-state index in [0.29, 0.717) is 48.3 Å². The first-order valence-corrected chi connectivity index (χ1v) is 10.3. The zero-order valence-corrected chi connectivity index (χ0v) is 18.1. The molecular formula is C22H23ClN6O2. The van der Waals surface area contributed by atoms with E-state index >= 15 is 0 Å². The fourth-order valence-corrected chi connectivity index (χ4v) is 3.62. The minimum atomic E-state index is -0.0877. The lowest BCUT2D eigenvalue weighted by Gasteiger charge is -2.35. The van der Waals surface area contributed by atoms with Gasteiger partial charge in [-0.2, -0.15) is 0 Å². The van der Waals surface area contributed by atoms with Crippen LogP contribution in [-0.4, -0.2) is 59.3 Å². The van der Waals surface area contributed by atoms with Crippen LogP contribution in [0.1, 0.15) is 15.9 Å². The number of hydrogen-bond acceptors (Lipinski definition) is 7. The van der Waals surface area contributed by atoms with Gasteiger partial charge < -0.3 is 19.9 Å². The molecule has 3 heterocycles. The monoisotopic (exact) mass is 438 g/mol. The van der Waals surface area contributed by atoms with E-state index in [4.69, 9.17) is 16.3 Å². The van der Waals surface area contributed by atoms with E-state index in [-0.39, 0.29) is 5.91 Å². The number of rotatable bonds is 5. The SMILES string of the molecule is COc1ccc(Cl)cc1C(=O)N1CCN(c2ccc(Nc3cc(C)ccn3)nn2)CC1. The Bertz CT molecular complexity index is 1070. The molecule has 0 bridgehead atoms. The molecule has 1 amide bonds. The van der Waals surface area contributed by atoms with Crippen molar-refractivity contribution in [1.29, 1.82) is 0 Å². The third-order valence-corrected chi connectivity index (χ3v) is 5.34. The molecule has 9 heteroatoms. The van der Waals surface area contributed by atoms with Crippen LogP contribution in [0.3, 0.4) is 0 Å². The number of aryl methyl sites for hydroxylation is 1. The number of pyridine rings is 1. The zero-order chi connectivity index (χ0) is 21.8. The fraction of sp³-hybridized carbons (Fsp3) is 0.273. The van der Waals surface area contributed by atoms with Crippen LogP contribution in [0.15, 0.2) is 48.7 Å². The number of benzene rings is 1. The number of ether oxygens (including phenoxy) is 1. The van der Waals surface area contributed by atoms with Gasteiger partial charge in [-0.05, 0) is 55.0 Å². The Kier molecular flexibility index (Phi) is 6.18. The highest BCUT2D eigenvalue weighted by molar-refractivity contribution is 6.31. The lowest BCUT2D eigenvalue weighted by atomic mass is 10.1. The molecule has 1 aromatic carbocycles. The predicted molar refractivity (Wildman–Crippen MR) is 120 cm³/mol. The first kappa shape index (κ1) is 20.9. The molecule has 0 unspecified atom stereocenters. The zero-order valence-electron chi connectivity index (χ0n) is 17.4. The van der Waals surface area contributed by atoms with Crippen LogP contribution < -0.4 is 15.0 Å². The number of methoxy groups -OCH3 is 1. The maximum Gasteiger partial charge on any atom is 0.257 e. The minimum absolute atomic E-state index is 0.0877. The summed E-state index contributed by atoms with van der Waals surface area (Å²) >= 11 is 6.07. The first-order chi connectivity index (χ1) is 15.0. The molecule has 0 atom stereocenters. The summed E-state index contributed by atoms with van der Waals surface area (Å²) in [7, 11) is 1.55. The summed E-state index contributed by atoms with van der Waals surface area (Å²) < 4.78 is 5.32. The van der Waals surface area contributed by atoms with Gasteiger partial charge in [-0.25, -0.2) is 4.98 Å². The van der Waals surface area contributed by atoms with E-state index in [0.717, 1.165) is 17.2 Å². The van der Waals surface area contributed by atoms with Gasteiger partial charge in [0.15, 0.2) is 11.6 Å². The maximum absolute atomic E-state index is 12.9. The van der Waals surface area contributed by atoms with Crippen LogP contribution >= 0.6 is 11.6 Å². The Morgan fingerprint density at radius 1 is 1.03 bits per heavy atom. The summed E-state index contributed by atoms with van der Waals surface area (Å²) in [5.41, 5.74) is 1.59. The third-order valence-electron chi connectivity index (χ3n) is 5.10. The van der Waals surface area contributed by atoms with Gasteiger partial charge in [0.25, 0.3) is 5.91 Å². The summed E-state index contributed by atoms with van der Waals surface area (Å²) in [6.07, 6.45) is 1.75. The third kappa shape index (κ3) is 4.86. The number of carbonyl (C=O) groups is 1. The number of anilines is 3. The standard InChI is InChI=1S/C22H23ClN6O2/c1-15-7-8-24-20(13-15)25-19-5-6-21(27-26-19)28-9-11-29(12-10-28)22(30)17-14-16(23)3-4-18(17)31-2/h3-8,13-14H,9-12H2,1-2H3,(H,24,25,26). The van der Waals surface area contributed by atoms with E-state index < -0.39 is 0 Å². The molecule has 160 valence electrons. The van der Waals surface area contributed by atoms with Crippen molar-refractivity contribution in [2.24, 2.45) is 0 Å². The Morgan fingerprint density at radius 2 is 1.84 bits per heavy atom. The molecule has 3 aromatic rings. The van der Waals surface area contributed by atoms with Crippen LogP contribution in [0, 0.1) is 6.92 Å². The molecular weight excluding hydrogens is 416 g/mol. The second-order valence-corrected chi connectivity index (χ2v) is 7.68. The predicted octanol–water partition coefficient (Wildman–Crippen LogP) is 3.55. The number of carbonyl (C=O) groups excluding carboxylic acids is 1. The highest BCUT2D eigenvalue weighted by Gasteiger charge is 2.25. The van der Waals surface area contributed by atoms with Gasteiger partial charge in [0, 0.05) is 37.4 Å². The number of piperazine rings is 1. The van der Waals surface area contributed by atoms with Gasteiger partial charge in [0.2, 0.25) is 0 Å². The number of halogens is 1. The van der Waals surface area contributed by atoms with Gasteiger partial charge in [-0.1, -0.05) is 11.6 Å². The van der Waals surface area contributed by atoms with Crippen LogP contribution in [0.4, 0.5) is 17.5 Å². The van der Waals surface area contributed by atoms with Crippen molar-refractivity contribution < 1.29 is 9.53 Å². The largest absolute Gasteiger partial charge is 0.496 e. The topological polar surface area (TPSA) is 83.5 Å². The van der Waals surface area contributed by atoms with Crippen molar-refractivity contribution in [2.75, 3.05) is 43.5 Å². The molecule has 1 aliphatic heterocycles. The fourth-order valence-electron chi connectivity index (χ4n) is 3.45. The number of nitrogens with zero attached hydrogens (tertiary/aromatic N) is 5. The average molecular weight is 439 g/mol. The molecule has 4 rings (SSSR count). The molecule has 0 radical (unpaired) electrons. The van der Waals surface area contributed by atoms with Crippen LogP contribution in [0.5, 0.6) is 5.75 Å². The first-order valence-electron chi connectivity index (χ1n) is 9.94. The van der Waals surface area contributed by atoms with Gasteiger partial charge in [-0.3, -0.25) is 4.79 Å². The molecule has 8 nitrogen and oxygen atoms in total. The second-order valence-electron chi connectivity index (χ2n) is 7.24. The Hall–Kier alpha value is -3.39. The summed E-state index contributed by atoms with van der Waals surface area (Å²) in [6.45, 7) is 4.48. The van der Waals surface area contributed by atoms with E-state index in [1.807, 2.05) is 31.2 Å². The average Bonchev–Trinajstić information content (AvgIpc) is 2.79. The Labute approximate surface area is 185 Å². The van der Waals surface area contributed by atoms with E-state index in [2.05, 4.69) is 25.4 Å². The quantitative estimate of drug-likeness (QED) is 0.652. The van der Waals surface area contributed by atoms with Gasteiger partial charge in [0.05, 0.1) is 12.7 Å². The van der Waals surface area contributed by atoms with Gasteiger partial charge in [-0.15, -0.1) is 10.2 Å². The normalized spacial score (nSPS) is 13.8. The molecule has 2 aromatic heterocycles. The number of hydrogen-bond donors (Lipinski definition) is 1. The highest BCUT2D eigenvalue weighted by Crippen LogP contribution is 2.25. The summed E-state index contributed by atoms with van der Waals surface area (Å²) in [5.74, 6) is 2.56. The van der Waals surface area contributed by atoms with Crippen LogP contribution in [-0.2, 0) is 0 Å². The highest BCUT2D eigenvalue weighted by atomic mass is 35.5. The number of aromatic nitrogens is 3. The number of nitrogens with one attached hydrogen (secondary N) is 1. The molecule has 0 aliphatic carbocycles. The van der Waals surface area contributed by atoms with Crippen molar-refractivity contribution in [1.82, 2.24) is 20.1 Å². The molecule has 1 aliphatic rings. The van der Waals surface area contributed by atoms with Crippen molar-refractivity contribution in [3.05, 3.63) is 64.8 Å². The molecule has 0 spiro atoms. The van der Waals surface area contributed by atoms with Crippen molar-refractivity contribution in [3.63, 3.8) is 0 Å². The maximum atomic E-state index is 12.9. The van der Waals surface area contributed by atoms with Crippen molar-refractivity contribution in [2.45, 2.75) is 6.92 Å². The summed E-state index contributed by atoms with van der Waals surface area (Å²) in [4.78, 5) is 21.1. The second kappa shape index (κ2) is 9.18. The molecule has 0 saturated carbocycles. The van der Waals surface area contributed by atoms with Crippen molar-refractivity contribution >= 4 is 35.0 Å². The lowest BCUT2D eigenvalue weighted by molar-refractivity contribution is 0.0743. The Morgan fingerprint density at radius 3 is 2.52 bits per heavy atom. The van der Waals surface area contributed by atoms with Gasteiger partial charge >= 0.3 is 0 Å². The van der Waals surface area contributed by atoms with E-state index in [9.17, 15) is 4.79 Å². The number of amides is 1. The van der Waals surface area contributed by atoms with Crippen molar-refractivity contribution in [3.8, 4) is 5.75 Å². The van der Waals surface area contributed by atoms with Gasteiger partial charge in [0.1, 0.15) is 11.6 Å². The molecule has 1 saturated heterocycles. The van der Waals surface area contributed by atoms with E-state index in [1.165, 1.54) is 0 Å². The van der Waals surface area contributed by atoms with Crippen LogP contribution in [0.25, 0.3) is 0 Å². The minimum Gasteiger partial charge on any atom is -0.496 e.